The molecule has 0 radical (unpaired) electrons. The minimum Gasteiger partial charge on any atom is -0.370 e. The maximum Gasteiger partial charge on any atom is 0.193 e. The van der Waals surface area contributed by atoms with Crippen molar-refractivity contribution in [3.8, 4) is 0 Å². The van der Waals surface area contributed by atoms with Gasteiger partial charge in [-0.05, 0) is 54.7 Å². The zero-order valence-corrected chi connectivity index (χ0v) is 14.5. The highest BCUT2D eigenvalue weighted by atomic mass is 127. The first-order valence-corrected chi connectivity index (χ1v) is 7.01. The number of rotatable bonds is 3. The van der Waals surface area contributed by atoms with Crippen molar-refractivity contribution in [2.24, 2.45) is 17.8 Å². The van der Waals surface area contributed by atoms with Crippen LogP contribution in [-0.4, -0.2) is 10.5 Å². The van der Waals surface area contributed by atoms with Gasteiger partial charge in [0, 0.05) is 24.6 Å². The Morgan fingerprint density at radius 2 is 2.10 bits per heavy atom. The number of halogens is 1. The van der Waals surface area contributed by atoms with Crippen molar-refractivity contribution in [3.63, 3.8) is 0 Å². The van der Waals surface area contributed by atoms with E-state index in [1.807, 2.05) is 29.9 Å². The summed E-state index contributed by atoms with van der Waals surface area (Å²) in [4.78, 5) is 4.38. The number of guanidine groups is 1. The molecule has 0 atom stereocenters. The number of fused-ring (bicyclic) bond motifs is 1. The molecule has 0 aliphatic heterocycles. The van der Waals surface area contributed by atoms with Crippen LogP contribution >= 0.6 is 24.0 Å². The van der Waals surface area contributed by atoms with Crippen LogP contribution in [-0.2, 0) is 26.4 Å². The standard InChI is InChI=1S/C16H20N4.HI/c1-20-9-3-6-15(20)11-18-16(17)19-14-8-7-12-4-2-5-13(12)10-14;/h3,6-10H,2,4-5,11H2,1H3,(H3,17,18,19);1H. The third kappa shape index (κ3) is 3.78. The molecule has 3 rings (SSSR count). The number of aryl methyl sites for hydroxylation is 3. The summed E-state index contributed by atoms with van der Waals surface area (Å²) in [5.74, 6) is 0.462. The van der Waals surface area contributed by atoms with Crippen LogP contribution in [0.25, 0.3) is 0 Å². The van der Waals surface area contributed by atoms with E-state index in [1.165, 1.54) is 30.4 Å². The number of nitrogens with one attached hydrogen (secondary N) is 1. The molecule has 0 fully saturated rings. The van der Waals surface area contributed by atoms with Gasteiger partial charge in [-0.1, -0.05) is 6.07 Å². The number of aromatic nitrogens is 1. The van der Waals surface area contributed by atoms with Crippen LogP contribution in [0.3, 0.4) is 0 Å². The number of hydrogen-bond acceptors (Lipinski definition) is 1. The molecule has 4 nitrogen and oxygen atoms in total. The monoisotopic (exact) mass is 396 g/mol. The van der Waals surface area contributed by atoms with Crippen molar-refractivity contribution in [2.75, 3.05) is 5.32 Å². The molecule has 112 valence electrons. The molecule has 21 heavy (non-hydrogen) atoms. The number of nitrogens with two attached hydrogens (primary N) is 1. The molecule has 1 heterocycles. The predicted octanol–water partition coefficient (Wildman–Crippen LogP) is 3.06. The van der Waals surface area contributed by atoms with Gasteiger partial charge in [-0.15, -0.1) is 24.0 Å². The molecule has 0 bridgehead atoms. The molecule has 0 unspecified atom stereocenters. The Labute approximate surface area is 142 Å². The van der Waals surface area contributed by atoms with Crippen LogP contribution in [0.5, 0.6) is 0 Å². The predicted molar refractivity (Wildman–Crippen MR) is 98.2 cm³/mol. The highest BCUT2D eigenvalue weighted by molar-refractivity contribution is 14.0. The van der Waals surface area contributed by atoms with E-state index < -0.39 is 0 Å². The van der Waals surface area contributed by atoms with Crippen LogP contribution in [0.1, 0.15) is 23.2 Å². The second kappa shape index (κ2) is 6.98. The number of aliphatic imine (C=N–C) groups is 1. The Hall–Kier alpha value is -1.50. The van der Waals surface area contributed by atoms with E-state index in [0.29, 0.717) is 12.5 Å². The average Bonchev–Trinajstić information content (AvgIpc) is 3.04. The Bertz CT molecular complexity index is 645. The molecule has 0 spiro atoms. The first kappa shape index (κ1) is 15.9. The Kier molecular flexibility index (Phi) is 5.27. The highest BCUT2D eigenvalue weighted by Crippen LogP contribution is 2.24. The van der Waals surface area contributed by atoms with Crippen molar-refractivity contribution in [3.05, 3.63) is 53.3 Å². The molecular weight excluding hydrogens is 375 g/mol. The number of nitrogens with zero attached hydrogens (tertiary/aromatic N) is 2. The average molecular weight is 396 g/mol. The van der Waals surface area contributed by atoms with Gasteiger partial charge in [-0.2, -0.15) is 0 Å². The minimum absolute atomic E-state index is 0. The first-order valence-electron chi connectivity index (χ1n) is 7.01. The fraction of sp³-hybridized carbons (Fsp3) is 0.312. The smallest absolute Gasteiger partial charge is 0.193 e. The maximum absolute atomic E-state index is 5.95. The largest absolute Gasteiger partial charge is 0.370 e. The molecule has 1 aliphatic carbocycles. The number of hydrogen-bond donors (Lipinski definition) is 2. The SMILES string of the molecule is Cn1cccc1CN=C(N)Nc1ccc2c(c1)CCC2.I. The Balaban J connectivity index is 0.00000161. The Morgan fingerprint density at radius 3 is 2.86 bits per heavy atom. The maximum atomic E-state index is 5.95. The number of anilines is 1. The van der Waals surface area contributed by atoms with Gasteiger partial charge in [-0.25, -0.2) is 4.99 Å². The minimum atomic E-state index is 0. The van der Waals surface area contributed by atoms with E-state index >= 15 is 0 Å². The van der Waals surface area contributed by atoms with E-state index in [1.54, 1.807) is 0 Å². The van der Waals surface area contributed by atoms with Gasteiger partial charge in [0.2, 0.25) is 0 Å². The third-order valence-electron chi connectivity index (χ3n) is 3.83. The summed E-state index contributed by atoms with van der Waals surface area (Å²) in [5.41, 5.74) is 11.0. The van der Waals surface area contributed by atoms with E-state index in [9.17, 15) is 0 Å². The second-order valence-electron chi connectivity index (χ2n) is 5.27. The third-order valence-corrected chi connectivity index (χ3v) is 3.83. The molecular formula is C16H21IN4. The van der Waals surface area contributed by atoms with Crippen LogP contribution in [0.2, 0.25) is 0 Å². The lowest BCUT2D eigenvalue weighted by atomic mass is 10.1. The molecule has 0 saturated carbocycles. The van der Waals surface area contributed by atoms with E-state index in [2.05, 4.69) is 28.5 Å². The van der Waals surface area contributed by atoms with E-state index in [0.717, 1.165) is 11.4 Å². The van der Waals surface area contributed by atoms with Crippen molar-refractivity contribution in [1.29, 1.82) is 0 Å². The lowest BCUT2D eigenvalue weighted by molar-refractivity contribution is 0.824. The molecule has 2 aromatic rings. The van der Waals surface area contributed by atoms with Gasteiger partial charge in [0.05, 0.1) is 6.54 Å². The fourth-order valence-corrected chi connectivity index (χ4v) is 2.66. The lowest BCUT2D eigenvalue weighted by Crippen LogP contribution is -2.22. The molecule has 3 N–H and O–H groups in total. The quantitative estimate of drug-likeness (QED) is 0.476. The molecule has 1 aliphatic rings. The summed E-state index contributed by atoms with van der Waals surface area (Å²) < 4.78 is 2.05. The van der Waals surface area contributed by atoms with Crippen molar-refractivity contribution < 1.29 is 0 Å². The van der Waals surface area contributed by atoms with Crippen LogP contribution in [0.4, 0.5) is 5.69 Å². The van der Waals surface area contributed by atoms with E-state index in [4.69, 9.17) is 5.73 Å². The van der Waals surface area contributed by atoms with Crippen LogP contribution in [0, 0.1) is 0 Å². The summed E-state index contributed by atoms with van der Waals surface area (Å²) >= 11 is 0. The first-order chi connectivity index (χ1) is 9.72. The van der Waals surface area contributed by atoms with Crippen molar-refractivity contribution in [1.82, 2.24) is 4.57 Å². The fourth-order valence-electron chi connectivity index (χ4n) is 2.66. The number of benzene rings is 1. The molecule has 0 amide bonds. The highest BCUT2D eigenvalue weighted by Gasteiger charge is 2.10. The second-order valence-corrected chi connectivity index (χ2v) is 5.27. The van der Waals surface area contributed by atoms with Gasteiger partial charge < -0.3 is 15.6 Å². The Morgan fingerprint density at radius 1 is 1.29 bits per heavy atom. The van der Waals surface area contributed by atoms with E-state index in [-0.39, 0.29) is 24.0 Å². The van der Waals surface area contributed by atoms with Crippen molar-refractivity contribution in [2.45, 2.75) is 25.8 Å². The molecule has 1 aromatic carbocycles. The van der Waals surface area contributed by atoms with Crippen molar-refractivity contribution >= 4 is 35.6 Å². The van der Waals surface area contributed by atoms with Gasteiger partial charge in [-0.3, -0.25) is 0 Å². The topological polar surface area (TPSA) is 55.3 Å². The summed E-state index contributed by atoms with van der Waals surface area (Å²) in [6.45, 7) is 0.591. The van der Waals surface area contributed by atoms with Gasteiger partial charge >= 0.3 is 0 Å². The summed E-state index contributed by atoms with van der Waals surface area (Å²) in [7, 11) is 2.01. The normalized spacial score (nSPS) is 13.7. The summed E-state index contributed by atoms with van der Waals surface area (Å²) in [5, 5.41) is 3.17. The van der Waals surface area contributed by atoms with Crippen LogP contribution in [0.15, 0.2) is 41.5 Å². The zero-order valence-electron chi connectivity index (χ0n) is 12.2. The molecule has 5 heteroatoms. The van der Waals surface area contributed by atoms with Gasteiger partial charge in [0.25, 0.3) is 0 Å². The van der Waals surface area contributed by atoms with Gasteiger partial charge in [0.1, 0.15) is 0 Å². The van der Waals surface area contributed by atoms with Gasteiger partial charge in [0.15, 0.2) is 5.96 Å². The molecule has 0 saturated heterocycles. The lowest BCUT2D eigenvalue weighted by Gasteiger charge is -2.08. The zero-order chi connectivity index (χ0) is 13.9. The molecule has 1 aromatic heterocycles. The van der Waals surface area contributed by atoms with Crippen LogP contribution < -0.4 is 11.1 Å². The summed E-state index contributed by atoms with van der Waals surface area (Å²) in [6, 6.07) is 10.5. The summed E-state index contributed by atoms with van der Waals surface area (Å²) in [6.07, 6.45) is 5.64.